The van der Waals surface area contributed by atoms with Crippen molar-refractivity contribution in [2.45, 2.75) is 66.8 Å². The van der Waals surface area contributed by atoms with Gasteiger partial charge in [0.1, 0.15) is 5.65 Å². The maximum absolute atomic E-state index is 12.2. The number of nitrogens with zero attached hydrogens (tertiary/aromatic N) is 3. The lowest BCUT2D eigenvalue weighted by atomic mass is 10.2. The first kappa shape index (κ1) is 30.9. The second-order valence-electron chi connectivity index (χ2n) is 8.35. The van der Waals surface area contributed by atoms with Crippen molar-refractivity contribution in [2.24, 2.45) is 16.5 Å². The summed E-state index contributed by atoms with van der Waals surface area (Å²) in [5.74, 6) is 0.123. The molecule has 0 saturated heterocycles. The molecule has 3 rings (SSSR count). The third kappa shape index (κ3) is 12.0. The van der Waals surface area contributed by atoms with E-state index < -0.39 is 0 Å². The second-order valence-corrected chi connectivity index (χ2v) is 8.35. The first-order valence-electron chi connectivity index (χ1n) is 12.9. The van der Waals surface area contributed by atoms with E-state index in [0.717, 1.165) is 61.5 Å². The van der Waals surface area contributed by atoms with Gasteiger partial charge in [0.2, 0.25) is 0 Å². The molecule has 0 atom stereocenters. The number of nitrogens with two attached hydrogens (primary N) is 2. The maximum Gasteiger partial charge on any atom is 0.354 e. The fourth-order valence-electron chi connectivity index (χ4n) is 3.02. The smallest absolute Gasteiger partial charge is 0.354 e. The van der Waals surface area contributed by atoms with Gasteiger partial charge in [0.15, 0.2) is 5.96 Å². The van der Waals surface area contributed by atoms with Crippen molar-refractivity contribution in [2.75, 3.05) is 26.3 Å². The molecule has 200 valence electrons. The summed E-state index contributed by atoms with van der Waals surface area (Å²) in [5.41, 5.74) is 13.8. The van der Waals surface area contributed by atoms with Crippen LogP contribution in [0.1, 0.15) is 64.6 Å². The predicted molar refractivity (Wildman–Crippen MR) is 151 cm³/mol. The number of hydrogen-bond donors (Lipinski definition) is 4. The highest BCUT2D eigenvalue weighted by Gasteiger charge is 2.06. The molecule has 2 heterocycles. The van der Waals surface area contributed by atoms with Crippen LogP contribution in [0, 0.1) is 6.92 Å². The molecule has 0 fully saturated rings. The van der Waals surface area contributed by atoms with Gasteiger partial charge in [-0.1, -0.05) is 45.7 Å². The largest absolute Gasteiger partial charge is 0.382 e. The second kappa shape index (κ2) is 18.1. The van der Waals surface area contributed by atoms with Crippen LogP contribution in [0.15, 0.2) is 46.3 Å². The molecule has 0 aliphatic rings. The fourth-order valence-corrected chi connectivity index (χ4v) is 3.02. The van der Waals surface area contributed by atoms with E-state index in [4.69, 9.17) is 16.2 Å². The summed E-state index contributed by atoms with van der Waals surface area (Å²) >= 11 is 0. The van der Waals surface area contributed by atoms with Gasteiger partial charge in [-0.3, -0.25) is 9.56 Å². The molecule has 3 aromatic rings. The Labute approximate surface area is 215 Å². The molecular formula is C27H45N7O2. The van der Waals surface area contributed by atoms with Crippen LogP contribution in [0.3, 0.4) is 0 Å². The highest BCUT2D eigenvalue weighted by molar-refractivity contribution is 5.76. The first-order valence-corrected chi connectivity index (χ1v) is 12.9. The van der Waals surface area contributed by atoms with Crippen LogP contribution in [0.2, 0.25) is 0 Å². The third-order valence-electron chi connectivity index (χ3n) is 5.04. The number of aliphatic imine (C=N–C) groups is 1. The number of rotatable bonds is 11. The summed E-state index contributed by atoms with van der Waals surface area (Å²) in [6, 6.07) is 9.81. The number of benzene rings is 1. The van der Waals surface area contributed by atoms with Crippen molar-refractivity contribution in [1.82, 2.24) is 19.9 Å². The quantitative estimate of drug-likeness (QED) is 0.179. The van der Waals surface area contributed by atoms with Gasteiger partial charge in [-0.25, -0.2) is 4.79 Å². The standard InChI is InChI=1S/C18H23N7O.C5H12O.C4H10/c1-12-9-14-11-25(18(26)24-16(14)23-12)15-5-3-13(4-6-15)10-21-7-2-8-22-17(19)20;1-3-5-6-4-2;1-3-4-2/h3-6,9,11,21H,2,7-8,10H2,1H3,(H4,19,20,22)(H,23,24,26);3-5H2,1-2H3;3-4H2,1-2H3. The summed E-state index contributed by atoms with van der Waals surface area (Å²) < 4.78 is 6.54. The topological polar surface area (TPSA) is 136 Å². The van der Waals surface area contributed by atoms with Crippen LogP contribution >= 0.6 is 0 Å². The maximum atomic E-state index is 12.2. The highest BCUT2D eigenvalue weighted by atomic mass is 16.5. The van der Waals surface area contributed by atoms with Gasteiger partial charge in [0.05, 0.1) is 5.69 Å². The number of aromatic amines is 1. The van der Waals surface area contributed by atoms with E-state index in [1.807, 2.05) is 50.4 Å². The Morgan fingerprint density at radius 3 is 2.36 bits per heavy atom. The third-order valence-corrected chi connectivity index (χ3v) is 5.04. The zero-order valence-corrected chi connectivity index (χ0v) is 22.6. The fraction of sp³-hybridized carbons (Fsp3) is 0.519. The predicted octanol–water partition coefficient (Wildman–Crippen LogP) is 4.01. The Balaban J connectivity index is 0.000000551. The molecule has 1 aromatic carbocycles. The lowest BCUT2D eigenvalue weighted by Crippen LogP contribution is -2.23. The van der Waals surface area contributed by atoms with Crippen LogP contribution in [0.25, 0.3) is 16.7 Å². The molecule has 36 heavy (non-hydrogen) atoms. The molecule has 9 heteroatoms. The summed E-state index contributed by atoms with van der Waals surface area (Å²) in [6.07, 6.45) is 6.45. The van der Waals surface area contributed by atoms with Gasteiger partial charge in [-0.15, -0.1) is 0 Å². The summed E-state index contributed by atoms with van der Waals surface area (Å²) in [7, 11) is 0. The number of H-pyrrole nitrogens is 1. The number of hydrogen-bond acceptors (Lipinski definition) is 5. The van der Waals surface area contributed by atoms with Gasteiger partial charge in [-0.05, 0) is 57.0 Å². The Kier molecular flexibility index (Phi) is 15.6. The Morgan fingerprint density at radius 2 is 1.81 bits per heavy atom. The molecule has 0 spiro atoms. The minimum atomic E-state index is -0.301. The SMILES string of the molecule is CCCC.CCCOCC.Cc1cc2cn(-c3ccc(CNCCCN=C(N)N)cc3)c(=O)nc2[nH]1. The molecule has 0 bridgehead atoms. The van der Waals surface area contributed by atoms with Crippen molar-refractivity contribution in [1.29, 1.82) is 0 Å². The average Bonchev–Trinajstić information content (AvgIpc) is 3.23. The van der Waals surface area contributed by atoms with E-state index >= 15 is 0 Å². The van der Waals surface area contributed by atoms with E-state index in [-0.39, 0.29) is 11.6 Å². The zero-order valence-electron chi connectivity index (χ0n) is 22.6. The normalized spacial score (nSPS) is 10.2. The lowest BCUT2D eigenvalue weighted by molar-refractivity contribution is 0.148. The van der Waals surface area contributed by atoms with Crippen LogP contribution in [-0.4, -0.2) is 46.8 Å². The van der Waals surface area contributed by atoms with Crippen molar-refractivity contribution in [3.8, 4) is 5.69 Å². The monoisotopic (exact) mass is 499 g/mol. The van der Waals surface area contributed by atoms with E-state index in [0.29, 0.717) is 12.2 Å². The van der Waals surface area contributed by atoms with E-state index in [9.17, 15) is 4.79 Å². The Bertz CT molecular complexity index is 1060. The average molecular weight is 500 g/mol. The number of nitrogens with one attached hydrogen (secondary N) is 2. The molecule has 0 amide bonds. The number of fused-ring (bicyclic) bond motifs is 1. The van der Waals surface area contributed by atoms with E-state index in [1.165, 1.54) is 12.8 Å². The van der Waals surface area contributed by atoms with Gasteiger partial charge in [-0.2, -0.15) is 4.98 Å². The minimum absolute atomic E-state index is 0.123. The Morgan fingerprint density at radius 1 is 1.11 bits per heavy atom. The van der Waals surface area contributed by atoms with Crippen LogP contribution in [0.5, 0.6) is 0 Å². The van der Waals surface area contributed by atoms with Crippen LogP contribution < -0.4 is 22.5 Å². The molecule has 9 nitrogen and oxygen atoms in total. The summed E-state index contributed by atoms with van der Waals surface area (Å²) in [4.78, 5) is 23.3. The molecule has 0 aliphatic carbocycles. The van der Waals surface area contributed by atoms with Crippen molar-refractivity contribution in [3.05, 3.63) is 58.3 Å². The summed E-state index contributed by atoms with van der Waals surface area (Å²) in [5, 5.41) is 4.25. The van der Waals surface area contributed by atoms with Gasteiger partial charge in [0.25, 0.3) is 0 Å². The molecule has 0 unspecified atom stereocenters. The molecule has 0 aliphatic heterocycles. The summed E-state index contributed by atoms with van der Waals surface area (Å²) in [6.45, 7) is 14.4. The van der Waals surface area contributed by atoms with Gasteiger partial charge in [0, 0.05) is 43.6 Å². The number of aromatic nitrogens is 3. The number of unbranched alkanes of at least 4 members (excludes halogenated alkanes) is 1. The zero-order chi connectivity index (χ0) is 26.8. The molecule has 0 saturated carbocycles. The highest BCUT2D eigenvalue weighted by Crippen LogP contribution is 2.13. The van der Waals surface area contributed by atoms with Crippen LogP contribution in [0.4, 0.5) is 0 Å². The lowest BCUT2D eigenvalue weighted by Gasteiger charge is -2.08. The molecule has 0 radical (unpaired) electrons. The van der Waals surface area contributed by atoms with Crippen LogP contribution in [-0.2, 0) is 11.3 Å². The van der Waals surface area contributed by atoms with E-state index in [2.05, 4.69) is 41.0 Å². The molecule has 2 aromatic heterocycles. The number of guanidine groups is 1. The van der Waals surface area contributed by atoms with E-state index in [1.54, 1.807) is 4.57 Å². The Hall–Kier alpha value is -3.17. The number of ether oxygens (including phenoxy) is 1. The van der Waals surface area contributed by atoms with Gasteiger partial charge >= 0.3 is 5.69 Å². The van der Waals surface area contributed by atoms with Crippen molar-refractivity contribution < 1.29 is 4.74 Å². The molecule has 6 N–H and O–H groups in total. The molecular weight excluding hydrogens is 454 g/mol. The number of aryl methyl sites for hydroxylation is 1. The van der Waals surface area contributed by atoms with Gasteiger partial charge < -0.3 is 26.5 Å². The van der Waals surface area contributed by atoms with Crippen molar-refractivity contribution >= 4 is 17.0 Å². The van der Waals surface area contributed by atoms with Crippen molar-refractivity contribution in [3.63, 3.8) is 0 Å². The minimum Gasteiger partial charge on any atom is -0.382 e. The first-order chi connectivity index (χ1) is 17.4.